The number of alkyl halides is 2. The lowest BCUT2D eigenvalue weighted by atomic mass is 10.1. The molecule has 0 aliphatic rings. The van der Waals surface area contributed by atoms with Crippen LogP contribution in [0.3, 0.4) is 0 Å². The Morgan fingerprint density at radius 2 is 2.08 bits per heavy atom. The maximum atomic E-state index is 12.5. The molecule has 1 aromatic carbocycles. The molecule has 0 spiro atoms. The van der Waals surface area contributed by atoms with Gasteiger partial charge in [0.15, 0.2) is 5.96 Å². The van der Waals surface area contributed by atoms with Crippen molar-refractivity contribution in [2.75, 3.05) is 27.2 Å². The fourth-order valence-electron chi connectivity index (χ4n) is 1.87. The van der Waals surface area contributed by atoms with E-state index in [1.165, 1.54) is 11.0 Å². The van der Waals surface area contributed by atoms with Crippen molar-refractivity contribution < 1.29 is 18.3 Å². The van der Waals surface area contributed by atoms with E-state index in [0.29, 0.717) is 18.1 Å². The van der Waals surface area contributed by atoms with E-state index in [0.717, 1.165) is 5.56 Å². The number of hydrogen-bond donors (Lipinski definition) is 2. The fourth-order valence-corrected chi connectivity index (χ4v) is 1.87. The summed E-state index contributed by atoms with van der Waals surface area (Å²) in [5.41, 5.74) is 1.43. The number of guanidine groups is 1. The average Bonchev–Trinajstić information content (AvgIpc) is 2.55. The van der Waals surface area contributed by atoms with Gasteiger partial charge in [-0.25, -0.2) is 4.99 Å². The minimum Gasteiger partial charge on any atom is -0.434 e. The van der Waals surface area contributed by atoms with Crippen LogP contribution in [-0.4, -0.2) is 50.6 Å². The number of ether oxygens (including phenoxy) is 1. The Morgan fingerprint density at radius 3 is 2.65 bits per heavy atom. The van der Waals surface area contributed by atoms with Gasteiger partial charge in [0.05, 0.1) is 13.1 Å². The zero-order valence-corrected chi connectivity index (χ0v) is 17.4. The van der Waals surface area contributed by atoms with Crippen LogP contribution in [0, 0.1) is 6.92 Å². The van der Waals surface area contributed by atoms with Gasteiger partial charge >= 0.3 is 6.61 Å². The molecule has 146 valence electrons. The largest absolute Gasteiger partial charge is 0.434 e. The Hall–Kier alpha value is -1.91. The molecule has 0 saturated carbocycles. The third-order valence-corrected chi connectivity index (χ3v) is 3.16. The molecule has 26 heavy (non-hydrogen) atoms. The van der Waals surface area contributed by atoms with E-state index >= 15 is 0 Å². The Bertz CT molecular complexity index is 625. The van der Waals surface area contributed by atoms with Crippen LogP contribution in [0.5, 0.6) is 5.75 Å². The minimum atomic E-state index is -2.90. The second-order valence-corrected chi connectivity index (χ2v) is 5.47. The van der Waals surface area contributed by atoms with E-state index in [-0.39, 0.29) is 48.7 Å². The van der Waals surface area contributed by atoms with Crippen LogP contribution < -0.4 is 15.4 Å². The molecule has 0 bridgehead atoms. The molecule has 0 heterocycles. The third kappa shape index (κ3) is 8.97. The van der Waals surface area contributed by atoms with E-state index in [1.54, 1.807) is 32.3 Å². The van der Waals surface area contributed by atoms with Crippen LogP contribution in [0.2, 0.25) is 0 Å². The Labute approximate surface area is 169 Å². The quantitative estimate of drug-likeness (QED) is 0.259. The van der Waals surface area contributed by atoms with Crippen molar-refractivity contribution >= 4 is 35.8 Å². The Kier molecular flexibility index (Phi) is 11.5. The highest BCUT2D eigenvalue weighted by molar-refractivity contribution is 14.0. The lowest BCUT2D eigenvalue weighted by Crippen LogP contribution is -2.43. The summed E-state index contributed by atoms with van der Waals surface area (Å²) in [4.78, 5) is 17.4. The van der Waals surface area contributed by atoms with Gasteiger partial charge in [0.25, 0.3) is 0 Å². The van der Waals surface area contributed by atoms with E-state index < -0.39 is 6.61 Å². The monoisotopic (exact) mass is 482 g/mol. The van der Waals surface area contributed by atoms with Gasteiger partial charge in [0, 0.05) is 26.2 Å². The molecule has 2 N–H and O–H groups in total. The molecule has 0 fully saturated rings. The lowest BCUT2D eigenvalue weighted by molar-refractivity contribution is -0.127. The zero-order valence-electron chi connectivity index (χ0n) is 15.1. The molecule has 0 radical (unpaired) electrons. The van der Waals surface area contributed by atoms with Crippen LogP contribution in [-0.2, 0) is 11.3 Å². The average molecular weight is 482 g/mol. The molecule has 0 unspecified atom stereocenters. The number of carbonyl (C=O) groups excluding carboxylic acids is 1. The lowest BCUT2D eigenvalue weighted by Gasteiger charge is -2.15. The van der Waals surface area contributed by atoms with E-state index in [1.807, 2.05) is 6.92 Å². The second-order valence-electron chi connectivity index (χ2n) is 5.47. The molecule has 9 heteroatoms. The van der Waals surface area contributed by atoms with Crippen LogP contribution >= 0.6 is 24.0 Å². The standard InChI is InChI=1S/C17H24F2N4O2.HI/c1-5-8-20-17(22-11-15(24)23(3)4)21-10-13-9-12(2)6-7-14(13)25-16(18)19;/h5-7,9,16H,1,8,10-11H2,2-4H3,(H2,20,21,22);1H. The van der Waals surface area contributed by atoms with Gasteiger partial charge in [-0.3, -0.25) is 4.79 Å². The topological polar surface area (TPSA) is 66.0 Å². The predicted molar refractivity (Wildman–Crippen MR) is 109 cm³/mol. The summed E-state index contributed by atoms with van der Waals surface area (Å²) >= 11 is 0. The molecule has 1 amide bonds. The molecule has 0 aliphatic heterocycles. The van der Waals surface area contributed by atoms with Crippen LogP contribution in [0.15, 0.2) is 35.8 Å². The number of aliphatic imine (C=N–C) groups is 1. The molecule has 6 nitrogen and oxygen atoms in total. The Balaban J connectivity index is 0.00000625. The van der Waals surface area contributed by atoms with Crippen molar-refractivity contribution in [1.82, 2.24) is 15.5 Å². The number of carbonyl (C=O) groups is 1. The number of halogens is 3. The molecule has 0 aromatic heterocycles. The van der Waals surface area contributed by atoms with Crippen molar-refractivity contribution in [3.63, 3.8) is 0 Å². The number of nitrogens with zero attached hydrogens (tertiary/aromatic N) is 2. The van der Waals surface area contributed by atoms with Crippen LogP contribution in [0.25, 0.3) is 0 Å². The van der Waals surface area contributed by atoms with Gasteiger partial charge < -0.3 is 20.3 Å². The number of nitrogens with one attached hydrogen (secondary N) is 2. The third-order valence-electron chi connectivity index (χ3n) is 3.16. The Morgan fingerprint density at radius 1 is 1.38 bits per heavy atom. The summed E-state index contributed by atoms with van der Waals surface area (Å²) in [6.45, 7) is 3.18. The summed E-state index contributed by atoms with van der Waals surface area (Å²) in [5, 5.41) is 5.86. The highest BCUT2D eigenvalue weighted by atomic mass is 127. The summed E-state index contributed by atoms with van der Waals surface area (Å²) < 4.78 is 29.6. The number of aryl methyl sites for hydroxylation is 1. The van der Waals surface area contributed by atoms with Crippen LogP contribution in [0.4, 0.5) is 8.78 Å². The van der Waals surface area contributed by atoms with Gasteiger partial charge in [0.2, 0.25) is 5.91 Å². The predicted octanol–water partition coefficient (Wildman–Crippen LogP) is 2.52. The normalized spacial score (nSPS) is 10.8. The number of hydrogen-bond acceptors (Lipinski definition) is 3. The van der Waals surface area contributed by atoms with Gasteiger partial charge in [-0.1, -0.05) is 23.8 Å². The molecule has 0 saturated heterocycles. The first-order valence-electron chi connectivity index (χ1n) is 7.71. The summed E-state index contributed by atoms with van der Waals surface area (Å²) in [6, 6.07) is 4.92. The van der Waals surface area contributed by atoms with Crippen molar-refractivity contribution in [3.05, 3.63) is 42.0 Å². The summed E-state index contributed by atoms with van der Waals surface area (Å²) in [6.07, 6.45) is 1.64. The highest BCUT2D eigenvalue weighted by Gasteiger charge is 2.10. The van der Waals surface area contributed by atoms with E-state index in [2.05, 4.69) is 26.9 Å². The SMILES string of the molecule is C=CCNC(=NCc1cc(C)ccc1OC(F)F)NCC(=O)N(C)C.I. The van der Waals surface area contributed by atoms with Crippen molar-refractivity contribution in [3.8, 4) is 5.75 Å². The first-order chi connectivity index (χ1) is 11.8. The van der Waals surface area contributed by atoms with Gasteiger partial charge in [-0.05, 0) is 13.0 Å². The van der Waals surface area contributed by atoms with Crippen molar-refractivity contribution in [2.24, 2.45) is 4.99 Å². The van der Waals surface area contributed by atoms with E-state index in [9.17, 15) is 13.6 Å². The van der Waals surface area contributed by atoms with Crippen molar-refractivity contribution in [1.29, 1.82) is 0 Å². The van der Waals surface area contributed by atoms with Gasteiger partial charge in [-0.2, -0.15) is 8.78 Å². The maximum Gasteiger partial charge on any atom is 0.387 e. The number of amides is 1. The van der Waals surface area contributed by atoms with Gasteiger partial charge in [-0.15, -0.1) is 30.6 Å². The fraction of sp³-hybridized carbons (Fsp3) is 0.412. The van der Waals surface area contributed by atoms with Gasteiger partial charge in [0.1, 0.15) is 5.75 Å². The van der Waals surface area contributed by atoms with Crippen molar-refractivity contribution in [2.45, 2.75) is 20.1 Å². The van der Waals surface area contributed by atoms with Crippen LogP contribution in [0.1, 0.15) is 11.1 Å². The molecular formula is C17H25F2IN4O2. The minimum absolute atomic E-state index is 0. The first kappa shape index (κ1) is 24.1. The molecule has 1 rings (SSSR count). The summed E-state index contributed by atoms with van der Waals surface area (Å²) in [7, 11) is 3.30. The summed E-state index contributed by atoms with van der Waals surface area (Å²) in [5.74, 6) is 0.335. The zero-order chi connectivity index (χ0) is 18.8. The molecule has 1 aromatic rings. The molecule has 0 aliphatic carbocycles. The smallest absolute Gasteiger partial charge is 0.387 e. The molecular weight excluding hydrogens is 457 g/mol. The number of benzene rings is 1. The number of rotatable bonds is 8. The first-order valence-corrected chi connectivity index (χ1v) is 7.71. The van der Waals surface area contributed by atoms with E-state index in [4.69, 9.17) is 0 Å². The highest BCUT2D eigenvalue weighted by Crippen LogP contribution is 2.22. The second kappa shape index (κ2) is 12.4. The maximum absolute atomic E-state index is 12.5. The number of likely N-dealkylation sites (N-methyl/N-ethyl adjacent to an activating group) is 1. The molecule has 0 atom stereocenters.